The van der Waals surface area contributed by atoms with Gasteiger partial charge in [-0.05, 0) is 186 Å². The number of carboxylic acids is 1. The summed E-state index contributed by atoms with van der Waals surface area (Å²) in [5, 5.41) is 66.0. The molecule has 18 atom stereocenters. The lowest BCUT2D eigenvalue weighted by Crippen LogP contribution is -2.67. The molecule has 1 saturated heterocycles. The van der Waals surface area contributed by atoms with Gasteiger partial charge in [-0.2, -0.15) is 0 Å². The maximum atomic E-state index is 12.9. The number of fused-ring (bicyclic) bond motifs is 10. The summed E-state index contributed by atoms with van der Waals surface area (Å²) in [7, 11) is 2.10. The highest BCUT2D eigenvalue weighted by Gasteiger charge is 2.72. The van der Waals surface area contributed by atoms with Crippen molar-refractivity contribution in [2.45, 2.75) is 179 Å². The minimum absolute atomic E-state index is 0.0130. The number of rotatable bonds is 8. The molecule has 11 rings (SSSR count). The van der Waals surface area contributed by atoms with Crippen LogP contribution in [0.5, 0.6) is 0 Å². The van der Waals surface area contributed by atoms with E-state index < -0.39 is 40.2 Å². The third-order valence-corrected chi connectivity index (χ3v) is 23.5. The maximum absolute atomic E-state index is 12.9. The van der Waals surface area contributed by atoms with Crippen LogP contribution in [0.25, 0.3) is 0 Å². The fourth-order valence-corrected chi connectivity index (χ4v) is 19.0. The van der Waals surface area contributed by atoms with Crippen LogP contribution in [0.1, 0.15) is 143 Å². The van der Waals surface area contributed by atoms with E-state index in [1.54, 1.807) is 12.2 Å². The Morgan fingerprint density at radius 2 is 1.11 bits per heavy atom. The molecule has 0 aromatic carbocycles. The molecule has 0 unspecified atom stereocenters. The first-order valence-electron chi connectivity index (χ1n) is 28.6. The molecule has 9 fully saturated rings. The van der Waals surface area contributed by atoms with Gasteiger partial charge < -0.3 is 60.8 Å². The number of hydrogen-bond donors (Lipinski definition) is 8. The van der Waals surface area contributed by atoms with E-state index in [1.165, 1.54) is 0 Å². The number of ether oxygens (including phenoxy) is 2. The number of esters is 2. The Morgan fingerprint density at radius 3 is 1.55 bits per heavy atom. The Labute approximate surface area is 437 Å². The Morgan fingerprint density at radius 1 is 0.635 bits per heavy atom. The predicted octanol–water partition coefficient (Wildman–Crippen LogP) is 5.29. The third-order valence-electron chi connectivity index (χ3n) is 23.5. The van der Waals surface area contributed by atoms with Crippen molar-refractivity contribution in [3.8, 4) is 0 Å². The predicted molar refractivity (Wildman–Crippen MR) is 273 cm³/mol. The average Bonchev–Trinajstić information content (AvgIpc) is 4.19. The molecule has 3 aliphatic heterocycles. The molecule has 0 radical (unpaired) electrons. The van der Waals surface area contributed by atoms with Gasteiger partial charge in [0, 0.05) is 74.2 Å². The molecule has 3 heterocycles. The molecule has 8 N–H and O–H groups in total. The Kier molecular flexibility index (Phi) is 14.4. The van der Waals surface area contributed by atoms with E-state index in [-0.39, 0.29) is 102 Å². The second kappa shape index (κ2) is 19.9. The summed E-state index contributed by atoms with van der Waals surface area (Å²) < 4.78 is 10.4. The van der Waals surface area contributed by atoms with Crippen molar-refractivity contribution in [2.24, 2.45) is 69.0 Å². The van der Waals surface area contributed by atoms with E-state index in [1.807, 2.05) is 11.8 Å². The van der Waals surface area contributed by atoms with Crippen LogP contribution in [-0.4, -0.2) is 154 Å². The molecule has 412 valence electrons. The van der Waals surface area contributed by atoms with Crippen LogP contribution < -0.4 is 16.0 Å². The van der Waals surface area contributed by atoms with Crippen molar-refractivity contribution < 1.29 is 59.0 Å². The van der Waals surface area contributed by atoms with Crippen LogP contribution in [-0.2, 0) is 23.9 Å². The van der Waals surface area contributed by atoms with Gasteiger partial charge in [0.1, 0.15) is 13.2 Å². The smallest absolute Gasteiger partial charge is 0.331 e. The fraction of sp³-hybridized carbons (Fsp3) is 0.842. The molecule has 11 aliphatic rings. The average molecular weight is 1030 g/mol. The second-order valence-electron chi connectivity index (χ2n) is 26.3. The molecular formula is C57H87N5O12. The zero-order valence-corrected chi connectivity index (χ0v) is 44.7. The Hall–Kier alpha value is -3.77. The summed E-state index contributed by atoms with van der Waals surface area (Å²) in [6.45, 7) is 13.1. The summed E-state index contributed by atoms with van der Waals surface area (Å²) in [4.78, 5) is 63.7. The number of piperazine rings is 1. The highest BCUT2D eigenvalue weighted by Crippen LogP contribution is 2.72. The number of hydrogen-bond acceptors (Lipinski definition) is 12. The monoisotopic (exact) mass is 1030 g/mol. The lowest BCUT2D eigenvalue weighted by Gasteiger charge is -2.65. The first kappa shape index (κ1) is 53.6. The van der Waals surface area contributed by atoms with Gasteiger partial charge in [0.25, 0.3) is 0 Å². The second-order valence-corrected chi connectivity index (χ2v) is 26.3. The van der Waals surface area contributed by atoms with E-state index in [0.717, 1.165) is 114 Å². The van der Waals surface area contributed by atoms with E-state index in [4.69, 9.17) is 14.6 Å². The number of carboxylic acid groups (broad SMARTS) is 1. The first-order valence-corrected chi connectivity index (χ1v) is 28.6. The van der Waals surface area contributed by atoms with Crippen molar-refractivity contribution in [1.29, 1.82) is 0 Å². The summed E-state index contributed by atoms with van der Waals surface area (Å²) in [5.41, 5.74) is -1.38. The molecular weight excluding hydrogens is 947 g/mol. The van der Waals surface area contributed by atoms with Gasteiger partial charge >= 0.3 is 30.0 Å². The molecule has 0 spiro atoms. The fourth-order valence-electron chi connectivity index (χ4n) is 19.0. The minimum Gasteiger partial charge on any atom is -0.481 e. The number of aliphatic carboxylic acids is 1. The standard InChI is InChI=1S/C29H45N3O5.C28H42N2O7/c1-27-8-6-20(30-26(35)32-12-10-31(3)11-13-32)15-19(27)4-5-22-23(27)16-24(33)28(2)21(7-9-29(22,28)36)18-14-25(34)37-17-18;1-26-9-7-18(30-25(35)29-11-3-4-23(32)33)13-17(26)5-6-20-21(26)14-22(31)27(2)19(8-10-28(20,27)36)16-12-24(34)37-15-16/h14,19-24,33,36H,4-13,15-17H2,1-3H3,(H,30,35);12,17-22,31,36H,3-11,13-15H2,1-2H3,(H,32,33)(H2,29,30,35)/t19-,20+,21-,22-,23+,24-,27+,28+,29+;17-,18+,19-,20-,21+,22-,26+,27+,28+/m11/s1. The van der Waals surface area contributed by atoms with E-state index >= 15 is 0 Å². The zero-order valence-electron chi connectivity index (χ0n) is 44.7. The Bertz CT molecular complexity index is 2270. The first-order chi connectivity index (χ1) is 35.0. The summed E-state index contributed by atoms with van der Waals surface area (Å²) >= 11 is 0. The molecule has 0 aromatic heterocycles. The zero-order chi connectivity index (χ0) is 52.8. The molecule has 0 bridgehead atoms. The minimum atomic E-state index is -0.981. The summed E-state index contributed by atoms with van der Waals surface area (Å²) in [5.74, 6) is 0.0470. The van der Waals surface area contributed by atoms with Crippen molar-refractivity contribution in [2.75, 3.05) is 53.0 Å². The quantitative estimate of drug-likeness (QED) is 0.114. The van der Waals surface area contributed by atoms with Crippen molar-refractivity contribution in [3.63, 3.8) is 0 Å². The van der Waals surface area contributed by atoms with Crippen LogP contribution in [0.3, 0.4) is 0 Å². The number of aliphatic hydroxyl groups is 4. The van der Waals surface area contributed by atoms with Crippen molar-refractivity contribution in [3.05, 3.63) is 23.3 Å². The number of amides is 4. The van der Waals surface area contributed by atoms with Gasteiger partial charge in [-0.3, -0.25) is 4.79 Å². The molecule has 4 amide bonds. The molecule has 8 aliphatic carbocycles. The lowest BCUT2D eigenvalue weighted by molar-refractivity contribution is -0.243. The van der Waals surface area contributed by atoms with Gasteiger partial charge in [0.15, 0.2) is 0 Å². The molecule has 17 heteroatoms. The van der Waals surface area contributed by atoms with Crippen LogP contribution >= 0.6 is 0 Å². The van der Waals surface area contributed by atoms with Crippen molar-refractivity contribution >= 4 is 30.0 Å². The van der Waals surface area contributed by atoms with Crippen LogP contribution in [0.15, 0.2) is 23.3 Å². The molecule has 8 saturated carbocycles. The highest BCUT2D eigenvalue weighted by molar-refractivity contribution is 5.86. The number of urea groups is 2. The largest absolute Gasteiger partial charge is 0.481 e. The summed E-state index contributed by atoms with van der Waals surface area (Å²) in [6.07, 6.45) is 16.0. The number of nitrogens with zero attached hydrogens (tertiary/aromatic N) is 2. The van der Waals surface area contributed by atoms with Gasteiger partial charge in [-0.25, -0.2) is 19.2 Å². The van der Waals surface area contributed by atoms with E-state index in [9.17, 15) is 44.4 Å². The maximum Gasteiger partial charge on any atom is 0.331 e. The molecule has 17 nitrogen and oxygen atoms in total. The van der Waals surface area contributed by atoms with Gasteiger partial charge in [-0.1, -0.05) is 27.7 Å². The number of cyclic esters (lactones) is 2. The topological polar surface area (TPSA) is 248 Å². The lowest BCUT2D eigenvalue weighted by atomic mass is 9.42. The number of carbonyl (C=O) groups is 5. The van der Waals surface area contributed by atoms with E-state index in [0.29, 0.717) is 50.5 Å². The summed E-state index contributed by atoms with van der Waals surface area (Å²) in [6, 6.07) is 0.103. The van der Waals surface area contributed by atoms with Crippen LogP contribution in [0, 0.1) is 69.0 Å². The number of aliphatic hydroxyl groups excluding tert-OH is 2. The van der Waals surface area contributed by atoms with Gasteiger partial charge in [-0.15, -0.1) is 0 Å². The number of carbonyl (C=O) groups excluding carboxylic acids is 4. The normalized spacial score (nSPS) is 46.3. The van der Waals surface area contributed by atoms with E-state index in [2.05, 4.69) is 48.7 Å². The number of likely N-dealkylation sites (N-methyl/N-ethyl adjacent to an activating group) is 1. The Balaban J connectivity index is 0.000000169. The SMILES string of the molecule is CN1CCN(C(=O)N[C@H]2CC[C@@]3(C)[C@H](CC[C@@H]4[C@@H]3C[C@@H](O)[C@]3(C)[C@@H](C5=CC(=O)OC5)CC[C@]43O)C2)CC1.C[C@]12CC[C@H](NC(=O)NCCCC(=O)O)C[C@H]1CC[C@@H]1[C@@H]2C[C@@H](O)[C@]2(C)[C@@H](C3=CC(=O)OC3)CC[C@]12O. The molecule has 0 aromatic rings. The molecule has 74 heavy (non-hydrogen) atoms. The van der Waals surface area contributed by atoms with Gasteiger partial charge in [0.05, 0.1) is 23.4 Å². The van der Waals surface area contributed by atoms with Gasteiger partial charge in [0.2, 0.25) is 0 Å². The van der Waals surface area contributed by atoms with Crippen LogP contribution in [0.4, 0.5) is 9.59 Å². The van der Waals surface area contributed by atoms with Crippen LogP contribution in [0.2, 0.25) is 0 Å². The third kappa shape index (κ3) is 8.80. The number of nitrogens with one attached hydrogen (secondary N) is 3. The van der Waals surface area contributed by atoms with Crippen molar-refractivity contribution in [1.82, 2.24) is 25.8 Å². The highest BCUT2D eigenvalue weighted by atomic mass is 16.5.